The summed E-state index contributed by atoms with van der Waals surface area (Å²) in [6.07, 6.45) is -0.0123. The van der Waals surface area contributed by atoms with Gasteiger partial charge in [-0.1, -0.05) is 58.2 Å². The van der Waals surface area contributed by atoms with Gasteiger partial charge in [0, 0.05) is 20.1 Å². The van der Waals surface area contributed by atoms with Gasteiger partial charge in [-0.25, -0.2) is 0 Å². The Morgan fingerprint density at radius 2 is 1.88 bits per heavy atom. The summed E-state index contributed by atoms with van der Waals surface area (Å²) in [6, 6.07) is 22.2. The standard InChI is InChI=1S/C27H21BrO3S/c1-2-5-20(15-27(29)30)19-9-11-21(12-10-19)31-16-18-8-13-26-23(14-18)24(17-32-26)22-6-3-4-7-25(22)28/h3-4,6-14,17,20H,15-16H2,1H3,(H,29,30). The van der Waals surface area contributed by atoms with Crippen molar-refractivity contribution >= 4 is 43.3 Å². The average molecular weight is 505 g/mol. The highest BCUT2D eigenvalue weighted by Crippen LogP contribution is 2.38. The third kappa shape index (κ3) is 5.04. The van der Waals surface area contributed by atoms with Crippen molar-refractivity contribution in [1.82, 2.24) is 0 Å². The molecule has 0 saturated carbocycles. The molecule has 0 aliphatic rings. The molecule has 32 heavy (non-hydrogen) atoms. The highest BCUT2D eigenvalue weighted by Gasteiger charge is 2.13. The van der Waals surface area contributed by atoms with Gasteiger partial charge < -0.3 is 9.84 Å². The Labute approximate surface area is 199 Å². The van der Waals surface area contributed by atoms with Crippen LogP contribution in [0.25, 0.3) is 21.2 Å². The second kappa shape index (κ2) is 10.0. The molecular weight excluding hydrogens is 484 g/mol. The molecule has 0 saturated heterocycles. The molecule has 1 aromatic heterocycles. The van der Waals surface area contributed by atoms with Crippen molar-refractivity contribution in [2.45, 2.75) is 25.9 Å². The number of halogens is 1. The number of carboxylic acid groups (broad SMARTS) is 1. The van der Waals surface area contributed by atoms with Crippen molar-refractivity contribution < 1.29 is 14.6 Å². The number of ether oxygens (including phenoxy) is 1. The molecule has 1 N–H and O–H groups in total. The molecule has 1 heterocycles. The molecule has 4 aromatic rings. The predicted octanol–water partition coefficient (Wildman–Crippen LogP) is 7.49. The maximum Gasteiger partial charge on any atom is 0.304 e. The van der Waals surface area contributed by atoms with Crippen LogP contribution >= 0.6 is 27.3 Å². The molecule has 0 spiro atoms. The Kier molecular flexibility index (Phi) is 6.94. The normalized spacial score (nSPS) is 11.6. The Morgan fingerprint density at radius 1 is 1.09 bits per heavy atom. The summed E-state index contributed by atoms with van der Waals surface area (Å²) in [7, 11) is 0. The van der Waals surface area contributed by atoms with E-state index < -0.39 is 5.97 Å². The first-order valence-electron chi connectivity index (χ1n) is 10.2. The largest absolute Gasteiger partial charge is 0.489 e. The molecule has 1 unspecified atom stereocenters. The van der Waals surface area contributed by atoms with E-state index in [0.29, 0.717) is 6.61 Å². The van der Waals surface area contributed by atoms with Crippen molar-refractivity contribution in [3.05, 3.63) is 87.7 Å². The van der Waals surface area contributed by atoms with E-state index in [1.54, 1.807) is 18.3 Å². The van der Waals surface area contributed by atoms with Gasteiger partial charge in [-0.3, -0.25) is 4.79 Å². The van der Waals surface area contributed by atoms with Gasteiger partial charge in [0.25, 0.3) is 0 Å². The fraction of sp³-hybridized carbons (Fsp3) is 0.148. The molecule has 3 aromatic carbocycles. The minimum absolute atomic E-state index is 0.0123. The molecule has 0 amide bonds. The van der Waals surface area contributed by atoms with Gasteiger partial charge in [-0.2, -0.15) is 0 Å². The summed E-state index contributed by atoms with van der Waals surface area (Å²) in [5.74, 6) is 5.35. The van der Waals surface area contributed by atoms with Gasteiger partial charge in [0.1, 0.15) is 12.4 Å². The highest BCUT2D eigenvalue weighted by molar-refractivity contribution is 9.10. The Bertz CT molecular complexity index is 1310. The molecule has 0 bridgehead atoms. The number of fused-ring (bicyclic) bond motifs is 1. The van der Waals surface area contributed by atoms with Crippen LogP contribution in [0.1, 0.15) is 30.4 Å². The predicted molar refractivity (Wildman–Crippen MR) is 134 cm³/mol. The lowest BCUT2D eigenvalue weighted by molar-refractivity contribution is -0.137. The molecule has 5 heteroatoms. The van der Waals surface area contributed by atoms with Crippen LogP contribution in [0.3, 0.4) is 0 Å². The second-order valence-electron chi connectivity index (χ2n) is 7.36. The molecule has 4 rings (SSSR count). The van der Waals surface area contributed by atoms with Crippen LogP contribution in [0.2, 0.25) is 0 Å². The van der Waals surface area contributed by atoms with Gasteiger partial charge in [-0.05, 0) is 59.3 Å². The van der Waals surface area contributed by atoms with Crippen molar-refractivity contribution in [3.8, 4) is 28.7 Å². The number of hydrogen-bond acceptors (Lipinski definition) is 3. The van der Waals surface area contributed by atoms with Gasteiger partial charge in [0.05, 0.1) is 12.3 Å². The molecule has 3 nitrogen and oxygen atoms in total. The summed E-state index contributed by atoms with van der Waals surface area (Å²) in [6.45, 7) is 2.17. The van der Waals surface area contributed by atoms with Crippen LogP contribution in [0.4, 0.5) is 0 Å². The van der Waals surface area contributed by atoms with Gasteiger partial charge >= 0.3 is 5.97 Å². The third-order valence-electron chi connectivity index (χ3n) is 5.19. The van der Waals surface area contributed by atoms with Crippen molar-refractivity contribution in [1.29, 1.82) is 0 Å². The zero-order valence-corrected chi connectivity index (χ0v) is 19.9. The molecule has 1 atom stereocenters. The third-order valence-corrected chi connectivity index (χ3v) is 6.84. The van der Waals surface area contributed by atoms with E-state index in [2.05, 4.69) is 63.5 Å². The first-order chi connectivity index (χ1) is 15.5. The van der Waals surface area contributed by atoms with Gasteiger partial charge in [-0.15, -0.1) is 17.3 Å². The topological polar surface area (TPSA) is 46.5 Å². The monoisotopic (exact) mass is 504 g/mol. The molecule has 0 aliphatic heterocycles. The van der Waals surface area contributed by atoms with Gasteiger partial charge in [0.15, 0.2) is 0 Å². The van der Waals surface area contributed by atoms with E-state index in [4.69, 9.17) is 9.84 Å². The highest BCUT2D eigenvalue weighted by atomic mass is 79.9. The molecule has 160 valence electrons. The first kappa shape index (κ1) is 22.1. The minimum atomic E-state index is -0.858. The number of carboxylic acids is 1. The van der Waals surface area contributed by atoms with Crippen molar-refractivity contribution in [2.75, 3.05) is 0 Å². The minimum Gasteiger partial charge on any atom is -0.489 e. The summed E-state index contributed by atoms with van der Waals surface area (Å²) in [4.78, 5) is 11.1. The van der Waals surface area contributed by atoms with E-state index in [9.17, 15) is 4.79 Å². The fourth-order valence-electron chi connectivity index (χ4n) is 3.62. The van der Waals surface area contributed by atoms with E-state index >= 15 is 0 Å². The number of benzene rings is 3. The summed E-state index contributed by atoms with van der Waals surface area (Å²) >= 11 is 5.40. The number of rotatable bonds is 7. The van der Waals surface area contributed by atoms with Crippen molar-refractivity contribution in [3.63, 3.8) is 0 Å². The number of aliphatic carboxylic acids is 1. The smallest absolute Gasteiger partial charge is 0.304 e. The SMILES string of the molecule is CC#CC(CC(=O)O)c1ccc(OCc2ccc3scc(-c4ccccc4Br)c3c2)cc1. The fourth-order valence-corrected chi connectivity index (χ4v) is 5.06. The maximum atomic E-state index is 11.1. The van der Waals surface area contributed by atoms with Crippen LogP contribution in [0.5, 0.6) is 5.75 Å². The lowest BCUT2D eigenvalue weighted by Crippen LogP contribution is -2.04. The van der Waals surface area contributed by atoms with Crippen LogP contribution in [-0.4, -0.2) is 11.1 Å². The Hall–Kier alpha value is -3.07. The second-order valence-corrected chi connectivity index (χ2v) is 9.13. The summed E-state index contributed by atoms with van der Waals surface area (Å²) in [5, 5.41) is 12.5. The van der Waals surface area contributed by atoms with E-state index in [1.165, 1.54) is 21.2 Å². The first-order valence-corrected chi connectivity index (χ1v) is 11.8. The number of hydrogen-bond donors (Lipinski definition) is 1. The molecular formula is C27H21BrO3S. The maximum absolute atomic E-state index is 11.1. The van der Waals surface area contributed by atoms with Gasteiger partial charge in [0.2, 0.25) is 0 Å². The van der Waals surface area contributed by atoms with Crippen LogP contribution in [-0.2, 0) is 11.4 Å². The molecule has 0 radical (unpaired) electrons. The zero-order chi connectivity index (χ0) is 22.5. The summed E-state index contributed by atoms with van der Waals surface area (Å²) in [5.41, 5.74) is 4.37. The lowest BCUT2D eigenvalue weighted by Gasteiger charge is -2.11. The molecule has 0 fully saturated rings. The lowest BCUT2D eigenvalue weighted by atomic mass is 9.96. The van der Waals surface area contributed by atoms with Crippen LogP contribution in [0.15, 0.2) is 76.6 Å². The Morgan fingerprint density at radius 3 is 2.59 bits per heavy atom. The van der Waals surface area contributed by atoms with Crippen molar-refractivity contribution in [2.24, 2.45) is 0 Å². The quantitative estimate of drug-likeness (QED) is 0.265. The van der Waals surface area contributed by atoms with E-state index in [-0.39, 0.29) is 12.3 Å². The van der Waals surface area contributed by atoms with Crippen LogP contribution in [0, 0.1) is 11.8 Å². The van der Waals surface area contributed by atoms with E-state index in [1.807, 2.05) is 36.4 Å². The van der Waals surface area contributed by atoms with E-state index in [0.717, 1.165) is 21.3 Å². The zero-order valence-electron chi connectivity index (χ0n) is 17.5. The van der Waals surface area contributed by atoms with Crippen LogP contribution < -0.4 is 4.74 Å². The molecule has 0 aliphatic carbocycles. The summed E-state index contributed by atoms with van der Waals surface area (Å²) < 4.78 is 8.32. The number of thiophene rings is 1. The number of carbonyl (C=O) groups is 1. The average Bonchev–Trinajstić information content (AvgIpc) is 3.21. The Balaban J connectivity index is 1.51.